The van der Waals surface area contributed by atoms with Crippen LogP contribution in [0.25, 0.3) is 0 Å². The van der Waals surface area contributed by atoms with Gasteiger partial charge >= 0.3 is 0 Å². The third-order valence-corrected chi connectivity index (χ3v) is 5.48. The fraction of sp³-hybridized carbons (Fsp3) is 0.455. The first-order valence-corrected chi connectivity index (χ1v) is 7.17. The molecular weight excluding hydrogens is 256 g/mol. The molecule has 18 heavy (non-hydrogen) atoms. The smallest absolute Gasteiger partial charge is 0.258 e. The van der Waals surface area contributed by atoms with Crippen LogP contribution in [0.15, 0.2) is 29.2 Å². The zero-order chi connectivity index (χ0) is 12.9. The van der Waals surface area contributed by atoms with Crippen LogP contribution in [-0.2, 0) is 10.0 Å². The number of hydrogen-bond donors (Lipinski definition) is 0. The molecule has 1 heterocycles. The summed E-state index contributed by atoms with van der Waals surface area (Å²) in [6.45, 7) is 1.17. The number of sulfonamides is 1. The zero-order valence-corrected chi connectivity index (χ0v) is 10.3. The van der Waals surface area contributed by atoms with E-state index < -0.39 is 14.9 Å². The minimum Gasteiger partial charge on any atom is -0.258 e. The van der Waals surface area contributed by atoms with Gasteiger partial charge in [0, 0.05) is 25.2 Å². The second-order valence-electron chi connectivity index (χ2n) is 4.83. The van der Waals surface area contributed by atoms with E-state index in [-0.39, 0.29) is 10.6 Å². The van der Waals surface area contributed by atoms with Gasteiger partial charge in [-0.05, 0) is 30.4 Å². The van der Waals surface area contributed by atoms with Gasteiger partial charge < -0.3 is 0 Å². The summed E-state index contributed by atoms with van der Waals surface area (Å²) in [6, 6.07) is 5.06. The topological polar surface area (TPSA) is 80.5 Å². The molecule has 2 unspecified atom stereocenters. The lowest BCUT2D eigenvalue weighted by atomic mass is 10.3. The number of nitro benzene ring substituents is 1. The first-order chi connectivity index (χ1) is 8.48. The molecule has 1 aliphatic heterocycles. The predicted molar refractivity (Wildman–Crippen MR) is 63.5 cm³/mol. The Hall–Kier alpha value is -1.47. The van der Waals surface area contributed by atoms with E-state index in [4.69, 9.17) is 0 Å². The molecule has 1 aliphatic carbocycles. The van der Waals surface area contributed by atoms with Crippen molar-refractivity contribution >= 4 is 15.7 Å². The third-order valence-electron chi connectivity index (χ3n) is 3.63. The molecule has 1 aromatic carbocycles. The van der Waals surface area contributed by atoms with Crippen LogP contribution in [0.3, 0.4) is 0 Å². The van der Waals surface area contributed by atoms with Gasteiger partial charge in [0.1, 0.15) is 0 Å². The van der Waals surface area contributed by atoms with Crippen molar-refractivity contribution in [2.24, 2.45) is 11.8 Å². The van der Waals surface area contributed by atoms with Gasteiger partial charge in [0.2, 0.25) is 10.0 Å². The average Bonchev–Trinajstić information content (AvgIpc) is 2.96. The standard InChI is InChI=1S/C11H12N2O4S/c14-13(15)10-1-3-11(4-2-10)18(16,17)12-6-8-5-9(8)7-12/h1-4,8-9H,5-7H2. The van der Waals surface area contributed by atoms with Crippen LogP contribution in [0.2, 0.25) is 0 Å². The van der Waals surface area contributed by atoms with E-state index in [2.05, 4.69) is 0 Å². The van der Waals surface area contributed by atoms with E-state index in [9.17, 15) is 18.5 Å². The monoisotopic (exact) mass is 268 g/mol. The summed E-state index contributed by atoms with van der Waals surface area (Å²) in [6.07, 6.45) is 1.13. The SMILES string of the molecule is O=[N+]([O-])c1ccc(S(=O)(=O)N2CC3CC3C2)cc1. The molecule has 0 aromatic heterocycles. The molecular formula is C11H12N2O4S. The van der Waals surface area contributed by atoms with E-state index in [0.717, 1.165) is 6.42 Å². The van der Waals surface area contributed by atoms with Crippen LogP contribution in [0.1, 0.15) is 6.42 Å². The van der Waals surface area contributed by atoms with Crippen LogP contribution in [0.5, 0.6) is 0 Å². The summed E-state index contributed by atoms with van der Waals surface area (Å²) in [7, 11) is -3.47. The number of fused-ring (bicyclic) bond motifs is 1. The number of hydrogen-bond acceptors (Lipinski definition) is 4. The highest BCUT2D eigenvalue weighted by molar-refractivity contribution is 7.89. The van der Waals surface area contributed by atoms with Gasteiger partial charge in [-0.2, -0.15) is 4.31 Å². The minimum atomic E-state index is -3.47. The van der Waals surface area contributed by atoms with Gasteiger partial charge in [0.15, 0.2) is 0 Å². The normalized spacial score (nSPS) is 26.9. The molecule has 1 saturated carbocycles. The summed E-state index contributed by atoms with van der Waals surface area (Å²) in [5.41, 5.74) is -0.0989. The van der Waals surface area contributed by atoms with Crippen LogP contribution >= 0.6 is 0 Å². The zero-order valence-electron chi connectivity index (χ0n) is 9.52. The molecule has 6 nitrogen and oxygen atoms in total. The molecule has 0 spiro atoms. The maximum Gasteiger partial charge on any atom is 0.269 e. The van der Waals surface area contributed by atoms with Crippen LogP contribution in [0.4, 0.5) is 5.69 Å². The van der Waals surface area contributed by atoms with Crippen molar-refractivity contribution in [2.75, 3.05) is 13.1 Å². The highest BCUT2D eigenvalue weighted by Crippen LogP contribution is 2.46. The van der Waals surface area contributed by atoms with E-state index >= 15 is 0 Å². The van der Waals surface area contributed by atoms with E-state index in [1.54, 1.807) is 0 Å². The van der Waals surface area contributed by atoms with Gasteiger partial charge in [0.25, 0.3) is 5.69 Å². The lowest BCUT2D eigenvalue weighted by Gasteiger charge is -2.17. The Bertz CT molecular complexity index is 586. The Labute approximate surface area is 104 Å². The molecule has 0 radical (unpaired) electrons. The molecule has 3 rings (SSSR count). The Morgan fingerprint density at radius 2 is 1.72 bits per heavy atom. The van der Waals surface area contributed by atoms with Crippen molar-refractivity contribution in [3.05, 3.63) is 34.4 Å². The van der Waals surface area contributed by atoms with Crippen molar-refractivity contribution in [2.45, 2.75) is 11.3 Å². The fourth-order valence-corrected chi connectivity index (χ4v) is 3.99. The maximum absolute atomic E-state index is 12.2. The Morgan fingerprint density at radius 3 is 2.22 bits per heavy atom. The first kappa shape index (κ1) is 11.6. The van der Waals surface area contributed by atoms with Gasteiger partial charge in [-0.3, -0.25) is 10.1 Å². The van der Waals surface area contributed by atoms with Gasteiger partial charge in [-0.15, -0.1) is 0 Å². The lowest BCUT2D eigenvalue weighted by Crippen LogP contribution is -2.30. The quantitative estimate of drug-likeness (QED) is 0.610. The maximum atomic E-state index is 12.2. The summed E-state index contributed by atoms with van der Waals surface area (Å²) >= 11 is 0. The van der Waals surface area contributed by atoms with Crippen molar-refractivity contribution in [3.8, 4) is 0 Å². The molecule has 1 saturated heterocycles. The second-order valence-corrected chi connectivity index (χ2v) is 6.77. The Balaban J connectivity index is 1.86. The number of non-ortho nitro benzene ring substituents is 1. The van der Waals surface area contributed by atoms with Crippen LogP contribution < -0.4 is 0 Å². The third kappa shape index (κ3) is 1.79. The summed E-state index contributed by atoms with van der Waals surface area (Å²) in [5, 5.41) is 10.5. The molecule has 0 N–H and O–H groups in total. The summed E-state index contributed by atoms with van der Waals surface area (Å²) in [4.78, 5) is 10.1. The van der Waals surface area contributed by atoms with Gasteiger partial charge in [-0.25, -0.2) is 8.42 Å². The van der Waals surface area contributed by atoms with Crippen molar-refractivity contribution < 1.29 is 13.3 Å². The van der Waals surface area contributed by atoms with Crippen molar-refractivity contribution in [3.63, 3.8) is 0 Å². The molecule has 2 aliphatic rings. The van der Waals surface area contributed by atoms with E-state index in [1.807, 2.05) is 0 Å². The van der Waals surface area contributed by atoms with Crippen LogP contribution in [-0.4, -0.2) is 30.7 Å². The predicted octanol–water partition coefficient (Wildman–Crippen LogP) is 1.24. The minimum absolute atomic E-state index is 0.0989. The highest BCUT2D eigenvalue weighted by Gasteiger charge is 2.48. The van der Waals surface area contributed by atoms with E-state index in [1.165, 1.54) is 28.6 Å². The molecule has 2 atom stereocenters. The van der Waals surface area contributed by atoms with Crippen LogP contribution in [0, 0.1) is 22.0 Å². The van der Waals surface area contributed by atoms with Crippen molar-refractivity contribution in [1.29, 1.82) is 0 Å². The first-order valence-electron chi connectivity index (χ1n) is 5.73. The average molecular weight is 268 g/mol. The summed E-state index contributed by atoms with van der Waals surface area (Å²) < 4.78 is 26.0. The number of nitro groups is 1. The molecule has 7 heteroatoms. The number of piperidine rings is 1. The van der Waals surface area contributed by atoms with Crippen molar-refractivity contribution in [1.82, 2.24) is 4.31 Å². The van der Waals surface area contributed by atoms with Gasteiger partial charge in [-0.1, -0.05) is 0 Å². The van der Waals surface area contributed by atoms with E-state index in [0.29, 0.717) is 24.9 Å². The molecule has 0 bridgehead atoms. The van der Waals surface area contributed by atoms with Gasteiger partial charge in [0.05, 0.1) is 9.82 Å². The Kier molecular flexibility index (Phi) is 2.43. The molecule has 0 amide bonds. The molecule has 96 valence electrons. The number of rotatable bonds is 3. The highest BCUT2D eigenvalue weighted by atomic mass is 32.2. The molecule has 2 fully saturated rings. The summed E-state index contributed by atoms with van der Waals surface area (Å²) in [5.74, 6) is 1.05. The number of nitrogens with zero attached hydrogens (tertiary/aromatic N) is 2. The fourth-order valence-electron chi connectivity index (χ4n) is 2.44. The largest absolute Gasteiger partial charge is 0.269 e. The lowest BCUT2D eigenvalue weighted by molar-refractivity contribution is -0.384. The molecule has 1 aromatic rings. The Morgan fingerprint density at radius 1 is 1.17 bits per heavy atom. The number of benzene rings is 1. The second kappa shape index (κ2) is 3.76.